The zero-order chi connectivity index (χ0) is 13.0. The van der Waals surface area contributed by atoms with E-state index < -0.39 is 0 Å². The molecule has 1 aromatic heterocycles. The van der Waals surface area contributed by atoms with E-state index in [1.54, 1.807) is 25.1 Å². The molecule has 2 N–H and O–H groups in total. The average molecular weight is 266 g/mol. The van der Waals surface area contributed by atoms with Gasteiger partial charge in [-0.25, -0.2) is 4.79 Å². The van der Waals surface area contributed by atoms with E-state index in [0.29, 0.717) is 23.1 Å². The van der Waals surface area contributed by atoms with Gasteiger partial charge >= 0.3 is 6.03 Å². The van der Waals surface area contributed by atoms with Crippen LogP contribution >= 0.6 is 11.6 Å². The van der Waals surface area contributed by atoms with E-state index in [2.05, 4.69) is 15.8 Å². The summed E-state index contributed by atoms with van der Waals surface area (Å²) < 4.78 is 4.83. The van der Waals surface area contributed by atoms with E-state index in [1.165, 1.54) is 0 Å². The fourth-order valence-corrected chi connectivity index (χ4v) is 1.50. The van der Waals surface area contributed by atoms with Gasteiger partial charge in [0.1, 0.15) is 5.76 Å². The Kier molecular flexibility index (Phi) is 3.84. The lowest BCUT2D eigenvalue weighted by Crippen LogP contribution is -2.28. The third kappa shape index (κ3) is 3.49. The molecular formula is C12H12ClN3O2. The van der Waals surface area contributed by atoms with Crippen LogP contribution in [0.2, 0.25) is 5.02 Å². The number of carbonyl (C=O) groups excluding carboxylic acids is 1. The van der Waals surface area contributed by atoms with Crippen molar-refractivity contribution in [2.24, 2.45) is 0 Å². The van der Waals surface area contributed by atoms with Gasteiger partial charge in [0.05, 0.1) is 0 Å². The monoisotopic (exact) mass is 265 g/mol. The van der Waals surface area contributed by atoms with Crippen molar-refractivity contribution in [3.8, 4) is 0 Å². The molecule has 0 saturated carbocycles. The summed E-state index contributed by atoms with van der Waals surface area (Å²) in [5.74, 6) is 1.03. The van der Waals surface area contributed by atoms with Crippen LogP contribution in [0.25, 0.3) is 0 Å². The zero-order valence-electron chi connectivity index (χ0n) is 9.74. The highest BCUT2D eigenvalue weighted by molar-refractivity contribution is 6.30. The van der Waals surface area contributed by atoms with Crippen molar-refractivity contribution in [1.29, 1.82) is 0 Å². The number of carbonyl (C=O) groups is 1. The number of benzene rings is 1. The molecule has 94 valence electrons. The van der Waals surface area contributed by atoms with Crippen LogP contribution in [0.5, 0.6) is 0 Å². The van der Waals surface area contributed by atoms with Crippen molar-refractivity contribution in [1.82, 2.24) is 10.5 Å². The Morgan fingerprint density at radius 1 is 1.39 bits per heavy atom. The van der Waals surface area contributed by atoms with Crippen LogP contribution in [0.1, 0.15) is 11.3 Å². The summed E-state index contributed by atoms with van der Waals surface area (Å²) in [4.78, 5) is 11.5. The molecule has 18 heavy (non-hydrogen) atoms. The maximum atomic E-state index is 11.5. The normalized spacial score (nSPS) is 10.1. The van der Waals surface area contributed by atoms with Crippen molar-refractivity contribution in [2.45, 2.75) is 13.5 Å². The maximum absolute atomic E-state index is 11.5. The Bertz CT molecular complexity index is 537. The van der Waals surface area contributed by atoms with Gasteiger partial charge in [0.15, 0.2) is 5.82 Å². The molecule has 0 spiro atoms. The minimum atomic E-state index is -0.335. The van der Waals surface area contributed by atoms with Crippen LogP contribution in [-0.2, 0) is 6.54 Å². The van der Waals surface area contributed by atoms with Gasteiger partial charge in [-0.3, -0.25) is 5.32 Å². The first-order valence-electron chi connectivity index (χ1n) is 5.36. The quantitative estimate of drug-likeness (QED) is 0.897. The predicted octanol–water partition coefficient (Wildman–Crippen LogP) is 2.96. The number of rotatable bonds is 3. The number of halogens is 1. The summed E-state index contributed by atoms with van der Waals surface area (Å²) in [6, 6.07) is 8.56. The minimum Gasteiger partial charge on any atom is -0.360 e. The van der Waals surface area contributed by atoms with E-state index in [1.807, 2.05) is 12.1 Å². The first kappa shape index (κ1) is 12.4. The first-order valence-corrected chi connectivity index (χ1v) is 5.74. The smallest absolute Gasteiger partial charge is 0.320 e. The Labute approximate surface area is 109 Å². The third-order valence-corrected chi connectivity index (χ3v) is 2.49. The Balaban J connectivity index is 1.83. The summed E-state index contributed by atoms with van der Waals surface area (Å²) >= 11 is 5.77. The van der Waals surface area contributed by atoms with Gasteiger partial charge in [-0.1, -0.05) is 28.9 Å². The number of amides is 2. The van der Waals surface area contributed by atoms with E-state index in [-0.39, 0.29) is 6.03 Å². The number of nitrogens with zero attached hydrogens (tertiary/aromatic N) is 1. The van der Waals surface area contributed by atoms with Crippen molar-refractivity contribution < 1.29 is 9.32 Å². The lowest BCUT2D eigenvalue weighted by molar-refractivity contribution is 0.251. The largest absolute Gasteiger partial charge is 0.360 e. The number of urea groups is 1. The highest BCUT2D eigenvalue weighted by Crippen LogP contribution is 2.09. The third-order valence-electron chi connectivity index (χ3n) is 2.24. The molecule has 0 fully saturated rings. The standard InChI is InChI=1S/C12H12ClN3O2/c1-8-6-11(16-18-8)15-12(17)14-7-9-2-4-10(13)5-3-9/h2-6H,7H2,1H3,(H2,14,15,16,17). The summed E-state index contributed by atoms with van der Waals surface area (Å²) in [6.07, 6.45) is 0. The molecule has 2 rings (SSSR count). The number of aromatic nitrogens is 1. The van der Waals surface area contributed by atoms with Crippen molar-refractivity contribution >= 4 is 23.4 Å². The molecule has 6 heteroatoms. The van der Waals surface area contributed by atoms with Crippen LogP contribution in [0.15, 0.2) is 34.9 Å². The second-order valence-electron chi connectivity index (χ2n) is 3.76. The van der Waals surface area contributed by atoms with Gasteiger partial charge in [-0.15, -0.1) is 0 Å². The number of anilines is 1. The van der Waals surface area contributed by atoms with Crippen LogP contribution < -0.4 is 10.6 Å². The zero-order valence-corrected chi connectivity index (χ0v) is 10.5. The van der Waals surface area contributed by atoms with E-state index in [9.17, 15) is 4.79 Å². The summed E-state index contributed by atoms with van der Waals surface area (Å²) in [7, 11) is 0. The molecule has 2 amide bonds. The van der Waals surface area contributed by atoms with Crippen molar-refractivity contribution in [2.75, 3.05) is 5.32 Å². The number of aryl methyl sites for hydroxylation is 1. The highest BCUT2D eigenvalue weighted by Gasteiger charge is 2.05. The van der Waals surface area contributed by atoms with Gasteiger partial charge in [0.2, 0.25) is 0 Å². The van der Waals surface area contributed by atoms with Gasteiger partial charge in [0.25, 0.3) is 0 Å². The van der Waals surface area contributed by atoms with E-state index in [0.717, 1.165) is 5.56 Å². The number of nitrogens with one attached hydrogen (secondary N) is 2. The van der Waals surface area contributed by atoms with Gasteiger partial charge in [-0.2, -0.15) is 0 Å². The molecule has 0 saturated heterocycles. The van der Waals surface area contributed by atoms with Crippen LogP contribution in [-0.4, -0.2) is 11.2 Å². The van der Waals surface area contributed by atoms with Crippen LogP contribution in [0.3, 0.4) is 0 Å². The molecule has 0 atom stereocenters. The summed E-state index contributed by atoms with van der Waals surface area (Å²) in [5.41, 5.74) is 0.964. The molecule has 1 heterocycles. The molecule has 0 bridgehead atoms. The Morgan fingerprint density at radius 2 is 2.11 bits per heavy atom. The Morgan fingerprint density at radius 3 is 2.72 bits per heavy atom. The lowest BCUT2D eigenvalue weighted by atomic mass is 10.2. The molecule has 0 aliphatic heterocycles. The molecule has 5 nitrogen and oxygen atoms in total. The molecule has 0 aliphatic rings. The maximum Gasteiger partial charge on any atom is 0.320 e. The molecule has 0 radical (unpaired) electrons. The van der Waals surface area contributed by atoms with E-state index in [4.69, 9.17) is 16.1 Å². The Hall–Kier alpha value is -2.01. The summed E-state index contributed by atoms with van der Waals surface area (Å²) in [5, 5.41) is 9.59. The molecule has 2 aromatic rings. The summed E-state index contributed by atoms with van der Waals surface area (Å²) in [6.45, 7) is 2.17. The number of hydrogen-bond donors (Lipinski definition) is 2. The lowest BCUT2D eigenvalue weighted by Gasteiger charge is -2.05. The molecular weight excluding hydrogens is 254 g/mol. The molecule has 0 unspecified atom stereocenters. The van der Waals surface area contributed by atoms with Gasteiger partial charge in [-0.05, 0) is 24.6 Å². The van der Waals surface area contributed by atoms with Crippen LogP contribution in [0.4, 0.5) is 10.6 Å². The average Bonchev–Trinajstić information content (AvgIpc) is 2.74. The second-order valence-corrected chi connectivity index (χ2v) is 4.19. The van der Waals surface area contributed by atoms with Gasteiger partial charge in [0, 0.05) is 17.6 Å². The molecule has 0 aliphatic carbocycles. The molecule has 1 aromatic carbocycles. The topological polar surface area (TPSA) is 67.2 Å². The SMILES string of the molecule is Cc1cc(NC(=O)NCc2ccc(Cl)cc2)no1. The predicted molar refractivity (Wildman–Crippen MR) is 68.6 cm³/mol. The van der Waals surface area contributed by atoms with Crippen LogP contribution in [0, 0.1) is 6.92 Å². The number of hydrogen-bond acceptors (Lipinski definition) is 3. The fourth-order valence-electron chi connectivity index (χ4n) is 1.37. The van der Waals surface area contributed by atoms with Crippen molar-refractivity contribution in [3.63, 3.8) is 0 Å². The van der Waals surface area contributed by atoms with Crippen molar-refractivity contribution in [3.05, 3.63) is 46.7 Å². The highest BCUT2D eigenvalue weighted by atomic mass is 35.5. The van der Waals surface area contributed by atoms with Gasteiger partial charge < -0.3 is 9.84 Å². The fraction of sp³-hybridized carbons (Fsp3) is 0.167. The minimum absolute atomic E-state index is 0.335. The second kappa shape index (κ2) is 5.55. The van der Waals surface area contributed by atoms with E-state index >= 15 is 0 Å². The first-order chi connectivity index (χ1) is 8.63.